The number of carbonyl (C=O) groups is 6. The van der Waals surface area contributed by atoms with Crippen LogP contribution in [0.3, 0.4) is 0 Å². The third kappa shape index (κ3) is 104. The molecule has 10 atom stereocenters. The molecule has 0 aliphatic carbocycles. The lowest BCUT2D eigenvalue weighted by molar-refractivity contribution is -0.167. The summed E-state index contributed by atoms with van der Waals surface area (Å²) in [5.41, 5.74) is 0. The molecule has 0 heterocycles. The van der Waals surface area contributed by atoms with E-state index in [0.29, 0.717) is 53.0 Å². The van der Waals surface area contributed by atoms with Gasteiger partial charge in [-0.15, -0.1) is 0 Å². The van der Waals surface area contributed by atoms with Gasteiger partial charge in [0, 0.05) is 53.0 Å². The second-order valence-corrected chi connectivity index (χ2v) is 43.3. The fraction of sp³-hybridized carbons (Fsp3) is 0.895. The van der Waals surface area contributed by atoms with Crippen LogP contribution in [0.5, 0.6) is 0 Å². The van der Waals surface area contributed by atoms with E-state index in [0.717, 1.165) is 353 Å². The van der Waals surface area contributed by atoms with Crippen molar-refractivity contribution in [1.82, 2.24) is 0 Å². The highest BCUT2D eigenvalue weighted by molar-refractivity contribution is 9.10. The van der Waals surface area contributed by atoms with Crippen LogP contribution in [0, 0.1) is 0 Å². The molecular weight excluding hydrogens is 1900 g/mol. The van der Waals surface area contributed by atoms with Crippen LogP contribution in [0.4, 0.5) is 0 Å². The molecule has 0 rings (SSSR count). The molecule has 0 spiro atoms. The molecule has 0 bridgehead atoms. The molecule has 0 aromatic rings. The first-order valence-corrected chi connectivity index (χ1v) is 59.3. The van der Waals surface area contributed by atoms with Gasteiger partial charge in [-0.3, -0.25) is 28.8 Å². The summed E-state index contributed by atoms with van der Waals surface area (Å²) >= 11 is 11.4. The normalized spacial score (nSPS) is 14.2. The van der Waals surface area contributed by atoms with Gasteiger partial charge in [-0.05, 0) is 193 Å². The predicted octanol–water partition coefficient (Wildman–Crippen LogP) is 31.8. The minimum Gasteiger partial charge on any atom is -0.462 e. The number of aliphatic hydroxyl groups excluding tert-OH is 6. The lowest BCUT2D eigenvalue weighted by Crippen LogP contribution is -2.30. The molecular formula is C114H211Br3O18. The molecule has 10 unspecified atom stereocenters. The Balaban J connectivity index is 0. The summed E-state index contributed by atoms with van der Waals surface area (Å²) in [6, 6.07) is 0. The molecule has 0 fully saturated rings. The minimum absolute atomic E-state index is 0.131. The van der Waals surface area contributed by atoms with Gasteiger partial charge in [0.2, 0.25) is 0 Å². The number of ether oxygens (including phenoxy) is 6. The van der Waals surface area contributed by atoms with Crippen molar-refractivity contribution in [1.29, 1.82) is 0 Å². The number of alkyl halides is 3. The first-order chi connectivity index (χ1) is 65.6. The van der Waals surface area contributed by atoms with Crippen LogP contribution in [0.25, 0.3) is 0 Å². The van der Waals surface area contributed by atoms with Gasteiger partial charge in [0.05, 0.1) is 36.6 Å². The monoisotopic (exact) mass is 2110 g/mol. The van der Waals surface area contributed by atoms with Crippen molar-refractivity contribution in [2.24, 2.45) is 0 Å². The standard InChI is InChI=1S/C57H107Br3O9.C57H104O9/c1-4-7-10-25-34-51(61)43-40-48(58)31-22-16-13-19-28-37-55(64)67-46-54(69-57(66)39-30-21-15-18-24-33-50(60)42-45-53(63)36-27-12-9-6-3)47-68-56(65)38-29-20-14-17-23-32-49(59)41-44-52(62)35-26-11-8-5-2;1-4-7-10-31-40-51(58)43-34-25-19-13-16-22-28-37-46-55(61)64-49-54(66-57(63)48-39-30-24-18-15-21-27-36-45-53(60)42-33-12-9-6-3)50-65-56(62)47-38-29-23-17-14-20-26-35-44-52(59)41-32-11-8-5-2/h48-54,61-63H,4-47H2,1-3H3;25-27,34-36,51-54,58-60H,4-24,28-33,37-50H2,1-3H3/b;34-25-,35-26+,36-27+. The largest absolute Gasteiger partial charge is 0.462 e. The van der Waals surface area contributed by atoms with Gasteiger partial charge in [-0.25, -0.2) is 0 Å². The van der Waals surface area contributed by atoms with Gasteiger partial charge in [0.1, 0.15) is 26.4 Å². The van der Waals surface area contributed by atoms with Gasteiger partial charge >= 0.3 is 35.8 Å². The van der Waals surface area contributed by atoms with E-state index >= 15 is 0 Å². The lowest BCUT2D eigenvalue weighted by Gasteiger charge is -2.18. The van der Waals surface area contributed by atoms with E-state index in [1.807, 2.05) is 0 Å². The van der Waals surface area contributed by atoms with E-state index in [1.165, 1.54) is 116 Å². The van der Waals surface area contributed by atoms with E-state index < -0.39 is 12.2 Å². The average molecular weight is 2110 g/mol. The Morgan fingerprint density at radius 2 is 0.378 bits per heavy atom. The second kappa shape index (κ2) is 106. The van der Waals surface area contributed by atoms with Gasteiger partial charge in [-0.2, -0.15) is 0 Å². The number of allylic oxidation sites excluding steroid dienone is 3. The molecule has 0 aromatic carbocycles. The topological polar surface area (TPSA) is 279 Å². The molecule has 18 nitrogen and oxygen atoms in total. The quantitative estimate of drug-likeness (QED) is 0.0108. The van der Waals surface area contributed by atoms with Crippen molar-refractivity contribution >= 4 is 83.6 Å². The number of rotatable bonds is 103. The number of hydrogen-bond acceptors (Lipinski definition) is 18. The van der Waals surface area contributed by atoms with Crippen molar-refractivity contribution in [2.45, 2.75) is 625 Å². The smallest absolute Gasteiger partial charge is 0.306 e. The van der Waals surface area contributed by atoms with Crippen molar-refractivity contribution < 1.29 is 87.8 Å². The van der Waals surface area contributed by atoms with E-state index in [2.05, 4.69) is 126 Å². The van der Waals surface area contributed by atoms with Gasteiger partial charge in [0.15, 0.2) is 12.2 Å². The third-order valence-corrected chi connectivity index (χ3v) is 28.5. The van der Waals surface area contributed by atoms with Crippen LogP contribution >= 0.6 is 47.8 Å². The summed E-state index contributed by atoms with van der Waals surface area (Å²) in [4.78, 5) is 77.7. The van der Waals surface area contributed by atoms with E-state index in [4.69, 9.17) is 28.4 Å². The fourth-order valence-electron chi connectivity index (χ4n) is 16.7. The Labute approximate surface area is 853 Å². The van der Waals surface area contributed by atoms with Crippen LogP contribution in [0.15, 0.2) is 36.5 Å². The van der Waals surface area contributed by atoms with E-state index in [-0.39, 0.29) is 112 Å². The maximum atomic E-state index is 12.9. The van der Waals surface area contributed by atoms with Crippen LogP contribution in [0.2, 0.25) is 0 Å². The summed E-state index contributed by atoms with van der Waals surface area (Å²) in [5, 5.41) is 61.2. The van der Waals surface area contributed by atoms with Crippen molar-refractivity contribution in [2.75, 3.05) is 26.4 Å². The molecule has 0 amide bonds. The highest BCUT2D eigenvalue weighted by Crippen LogP contribution is 2.26. The number of esters is 6. The van der Waals surface area contributed by atoms with E-state index in [9.17, 15) is 59.4 Å². The third-order valence-electron chi connectivity index (χ3n) is 25.8. The number of aliphatic hydroxyl groups is 6. The number of carbonyl (C=O) groups excluding carboxylic acids is 6. The molecule has 0 aliphatic rings. The van der Waals surface area contributed by atoms with E-state index in [1.54, 1.807) is 0 Å². The molecule has 21 heteroatoms. The molecule has 0 aliphatic heterocycles. The Morgan fingerprint density at radius 3 is 0.600 bits per heavy atom. The number of unbranched alkanes of at least 4 members (excludes halogenated alkanes) is 45. The maximum absolute atomic E-state index is 12.9. The Bertz CT molecular complexity index is 2550. The molecule has 0 aromatic heterocycles. The lowest BCUT2D eigenvalue weighted by atomic mass is 10.0. The molecule has 0 saturated heterocycles. The van der Waals surface area contributed by atoms with Crippen LogP contribution < -0.4 is 0 Å². The SMILES string of the molecule is CCCCCCC(O)C/C=C\CCCCCCCC(=O)OCC(COC(=O)CCCCCCC/C=C/CC(O)CCCCCC)OC(=O)CCCCCCC/C=C/CC(O)CCCCCC.CCCCCCC(O)CCC(Br)CCCCCCCC(=O)OCC(COC(=O)CCCCCCCC(Br)CCC(O)CCCCCC)OC(=O)CCCCCCCC(Br)CCC(O)CCCCCC. The van der Waals surface area contributed by atoms with Crippen molar-refractivity contribution in [3.63, 3.8) is 0 Å². The summed E-state index contributed by atoms with van der Waals surface area (Å²) in [5.74, 6) is -2.07. The van der Waals surface area contributed by atoms with Crippen LogP contribution in [-0.2, 0) is 57.2 Å². The minimum atomic E-state index is -0.838. The first kappa shape index (κ1) is 134. The first-order valence-electron chi connectivity index (χ1n) is 56.6. The van der Waals surface area contributed by atoms with Gasteiger partial charge in [0.25, 0.3) is 0 Å². The molecule has 6 N–H and O–H groups in total. The Morgan fingerprint density at radius 1 is 0.200 bits per heavy atom. The Kier molecular flexibility index (Phi) is 105. The maximum Gasteiger partial charge on any atom is 0.306 e. The van der Waals surface area contributed by atoms with Crippen molar-refractivity contribution in [3.05, 3.63) is 36.5 Å². The van der Waals surface area contributed by atoms with Crippen molar-refractivity contribution in [3.8, 4) is 0 Å². The van der Waals surface area contributed by atoms with Crippen LogP contribution in [-0.4, -0.2) is 156 Å². The predicted molar refractivity (Wildman–Crippen MR) is 573 cm³/mol. The summed E-state index contributed by atoms with van der Waals surface area (Å²) < 4.78 is 33.6. The summed E-state index contributed by atoms with van der Waals surface area (Å²) in [6.07, 6.45) is 88.9. The molecule has 0 radical (unpaired) electrons. The molecule has 0 saturated carbocycles. The van der Waals surface area contributed by atoms with Crippen LogP contribution in [0.1, 0.15) is 562 Å². The summed E-state index contributed by atoms with van der Waals surface area (Å²) in [7, 11) is 0. The highest BCUT2D eigenvalue weighted by atomic mass is 79.9. The van der Waals surface area contributed by atoms with Gasteiger partial charge in [-0.1, -0.05) is 415 Å². The zero-order chi connectivity index (χ0) is 99.4. The molecule has 796 valence electrons. The number of halogens is 3. The second-order valence-electron chi connectivity index (χ2n) is 39.5. The Hall–Kier alpha value is -2.76. The average Bonchev–Trinajstić information content (AvgIpc) is 0.944. The molecule has 135 heavy (non-hydrogen) atoms. The highest BCUT2D eigenvalue weighted by Gasteiger charge is 2.23. The summed E-state index contributed by atoms with van der Waals surface area (Å²) in [6.45, 7) is 12.7. The number of hydrogen-bond donors (Lipinski definition) is 6. The fourth-order valence-corrected chi connectivity index (χ4v) is 18.5. The zero-order valence-electron chi connectivity index (χ0n) is 87.6. The zero-order valence-corrected chi connectivity index (χ0v) is 92.4. The van der Waals surface area contributed by atoms with Gasteiger partial charge < -0.3 is 59.1 Å².